The molecule has 1 aromatic carbocycles. The Morgan fingerprint density at radius 3 is 2.60 bits per heavy atom. The van der Waals surface area contributed by atoms with Crippen LogP contribution in [0.4, 0.5) is 10.1 Å². The molecular formula is C31H32FN9O3S. The molecule has 14 heteroatoms. The summed E-state index contributed by atoms with van der Waals surface area (Å²) in [6.07, 6.45) is 7.58. The Labute approximate surface area is 258 Å². The molecule has 0 bridgehead atoms. The average molecular weight is 630 g/mol. The molecule has 5 N–H and O–H groups in total. The normalized spacial score (nSPS) is 13.0. The molecule has 0 radical (unpaired) electrons. The van der Waals surface area contributed by atoms with Crippen molar-refractivity contribution < 1.29 is 17.9 Å². The number of aliphatic hydroxyl groups excluding tert-OH is 1. The summed E-state index contributed by atoms with van der Waals surface area (Å²) in [5.74, 6) is -0.0436. The molecule has 0 saturated carbocycles. The van der Waals surface area contributed by atoms with Gasteiger partial charge < -0.3 is 15.4 Å². The Morgan fingerprint density at radius 1 is 1.02 bits per heavy atom. The predicted octanol–water partition coefficient (Wildman–Crippen LogP) is 4.98. The molecule has 12 nitrogen and oxygen atoms in total. The number of hydrogen-bond acceptors (Lipinski definition) is 9. The van der Waals surface area contributed by atoms with E-state index in [9.17, 15) is 17.9 Å². The number of H-pyrrole nitrogens is 2. The number of imidazole rings is 1. The Bertz CT molecular complexity index is 2140. The second-order valence-corrected chi connectivity index (χ2v) is 14.0. The van der Waals surface area contributed by atoms with E-state index in [1.54, 1.807) is 36.9 Å². The van der Waals surface area contributed by atoms with Crippen LogP contribution < -0.4 is 10.0 Å². The Balaban J connectivity index is 1.34. The second kappa shape index (κ2) is 11.6. The summed E-state index contributed by atoms with van der Waals surface area (Å²) < 4.78 is 40.1. The molecule has 0 aliphatic heterocycles. The smallest absolute Gasteiger partial charge is 0.209 e. The fraction of sp³-hybridized carbons (Fsp3) is 0.258. The first-order chi connectivity index (χ1) is 21.3. The van der Waals surface area contributed by atoms with E-state index in [0.29, 0.717) is 62.5 Å². The van der Waals surface area contributed by atoms with Crippen LogP contribution in [0.1, 0.15) is 32.8 Å². The van der Waals surface area contributed by atoms with E-state index < -0.39 is 22.1 Å². The maximum Gasteiger partial charge on any atom is 0.209 e. The average Bonchev–Trinajstić information content (AvgIpc) is 3.58. The van der Waals surface area contributed by atoms with Gasteiger partial charge in [0.1, 0.15) is 23.3 Å². The molecule has 232 valence electrons. The number of rotatable bonds is 9. The van der Waals surface area contributed by atoms with E-state index >= 15 is 0 Å². The first-order valence-corrected chi connectivity index (χ1v) is 16.0. The number of nitrogens with one attached hydrogen (secondary N) is 4. The number of anilines is 1. The number of aromatic nitrogens is 7. The highest BCUT2D eigenvalue weighted by atomic mass is 32.2. The van der Waals surface area contributed by atoms with Gasteiger partial charge in [-0.15, -0.1) is 0 Å². The van der Waals surface area contributed by atoms with Crippen LogP contribution in [-0.2, 0) is 16.6 Å². The molecule has 1 atom stereocenters. The Morgan fingerprint density at radius 2 is 1.82 bits per heavy atom. The van der Waals surface area contributed by atoms with Crippen molar-refractivity contribution in [2.75, 3.05) is 11.6 Å². The van der Waals surface area contributed by atoms with Crippen LogP contribution in [0, 0.1) is 11.2 Å². The number of hydrogen-bond donors (Lipinski definition) is 5. The van der Waals surface area contributed by atoms with Gasteiger partial charge in [0, 0.05) is 41.8 Å². The van der Waals surface area contributed by atoms with E-state index in [-0.39, 0.29) is 12.0 Å². The van der Waals surface area contributed by atoms with Gasteiger partial charge in [-0.05, 0) is 53.8 Å². The molecule has 6 aromatic rings. The third-order valence-electron chi connectivity index (χ3n) is 7.03. The van der Waals surface area contributed by atoms with Crippen LogP contribution in [0.5, 0.6) is 0 Å². The van der Waals surface area contributed by atoms with Gasteiger partial charge in [0.05, 0.1) is 34.7 Å². The topological polar surface area (TPSA) is 174 Å². The third kappa shape index (κ3) is 6.98. The Kier molecular flexibility index (Phi) is 7.81. The van der Waals surface area contributed by atoms with Crippen LogP contribution in [0.3, 0.4) is 0 Å². The molecule has 0 amide bonds. The monoisotopic (exact) mass is 629 g/mol. The van der Waals surface area contributed by atoms with Crippen LogP contribution in [0.25, 0.3) is 56.0 Å². The Hall–Kier alpha value is -4.79. The van der Waals surface area contributed by atoms with Gasteiger partial charge in [-0.25, -0.2) is 27.5 Å². The first kappa shape index (κ1) is 30.2. The van der Waals surface area contributed by atoms with E-state index in [4.69, 9.17) is 4.98 Å². The fourth-order valence-corrected chi connectivity index (χ4v) is 5.54. The van der Waals surface area contributed by atoms with E-state index in [1.165, 1.54) is 12.1 Å². The number of aromatic amines is 2. The van der Waals surface area contributed by atoms with Crippen molar-refractivity contribution in [1.29, 1.82) is 0 Å². The van der Waals surface area contributed by atoms with Gasteiger partial charge in [0.25, 0.3) is 0 Å². The lowest BCUT2D eigenvalue weighted by atomic mass is 9.91. The van der Waals surface area contributed by atoms with Crippen molar-refractivity contribution in [3.05, 3.63) is 72.6 Å². The molecule has 45 heavy (non-hydrogen) atoms. The predicted molar refractivity (Wildman–Crippen MR) is 171 cm³/mol. The lowest BCUT2D eigenvalue weighted by Crippen LogP contribution is -2.25. The maximum atomic E-state index is 14.6. The highest BCUT2D eigenvalue weighted by Gasteiger charge is 2.19. The zero-order valence-corrected chi connectivity index (χ0v) is 25.9. The zero-order valence-electron chi connectivity index (χ0n) is 25.1. The summed E-state index contributed by atoms with van der Waals surface area (Å²) in [4.78, 5) is 21.5. The number of fused-ring (bicyclic) bond motifs is 2. The lowest BCUT2D eigenvalue weighted by Gasteiger charge is -2.23. The summed E-state index contributed by atoms with van der Waals surface area (Å²) >= 11 is 0. The van der Waals surface area contributed by atoms with Gasteiger partial charge >= 0.3 is 0 Å². The second-order valence-electron chi connectivity index (χ2n) is 12.2. The highest BCUT2D eigenvalue weighted by molar-refractivity contribution is 7.88. The van der Waals surface area contributed by atoms with Crippen molar-refractivity contribution in [2.24, 2.45) is 5.41 Å². The van der Waals surface area contributed by atoms with E-state index in [2.05, 4.69) is 60.9 Å². The minimum absolute atomic E-state index is 0.0463. The highest BCUT2D eigenvalue weighted by Crippen LogP contribution is 2.33. The first-order valence-electron chi connectivity index (χ1n) is 14.1. The van der Waals surface area contributed by atoms with Gasteiger partial charge in [0.15, 0.2) is 11.5 Å². The molecule has 0 saturated heterocycles. The van der Waals surface area contributed by atoms with Gasteiger partial charge in [-0.2, -0.15) is 5.10 Å². The molecule has 5 heterocycles. The summed E-state index contributed by atoms with van der Waals surface area (Å²) in [7, 11) is -3.46. The fourth-order valence-electron chi connectivity index (χ4n) is 5.11. The molecule has 6 rings (SSSR count). The van der Waals surface area contributed by atoms with Crippen LogP contribution in [-0.4, -0.2) is 61.1 Å². The SMILES string of the molecule is CC(C)(C)CC(O)Nc1cncc(-c2cnc3n[nH]c(-c4nc5c(-c6cc(F)cc(CNS(C)(=O)=O)c6)nccc5[nH]4)c3c2)c1. The number of pyridine rings is 3. The van der Waals surface area contributed by atoms with Crippen LogP contribution >= 0.6 is 0 Å². The molecule has 5 aromatic heterocycles. The van der Waals surface area contributed by atoms with Crippen LogP contribution in [0.15, 0.2) is 61.2 Å². The number of halogens is 1. The largest absolute Gasteiger partial charge is 0.374 e. The van der Waals surface area contributed by atoms with E-state index in [0.717, 1.165) is 17.4 Å². The van der Waals surface area contributed by atoms with Crippen molar-refractivity contribution in [1.82, 2.24) is 39.8 Å². The zero-order chi connectivity index (χ0) is 31.9. The number of sulfonamides is 1. The number of nitrogens with zero attached hydrogens (tertiary/aromatic N) is 5. The minimum atomic E-state index is -3.46. The van der Waals surface area contributed by atoms with E-state index in [1.807, 2.05) is 12.1 Å². The summed E-state index contributed by atoms with van der Waals surface area (Å²) in [6.45, 7) is 6.13. The maximum absolute atomic E-state index is 14.6. The van der Waals surface area contributed by atoms with Gasteiger partial charge in [-0.1, -0.05) is 20.8 Å². The molecule has 1 unspecified atom stereocenters. The van der Waals surface area contributed by atoms with Crippen molar-refractivity contribution in [3.63, 3.8) is 0 Å². The summed E-state index contributed by atoms with van der Waals surface area (Å²) in [5.41, 5.74) is 5.82. The minimum Gasteiger partial charge on any atom is -0.374 e. The standard InChI is InChI=1S/C31H32FN9O3S/c1-31(2,3)12-25(42)37-22-10-19(14-33-16-22)20-11-23-27(40-41-29(23)35-15-20)30-38-24-5-6-34-26(28(24)39-30)18-7-17(8-21(32)9-18)13-36-45(4,43)44/h5-11,14-16,25,36-37,42H,12-13H2,1-4H3,(H,38,39)(H,35,40,41). The molecule has 0 fully saturated rings. The molecule has 0 aliphatic rings. The van der Waals surface area contributed by atoms with Crippen molar-refractivity contribution >= 4 is 37.8 Å². The molecule has 0 aliphatic carbocycles. The lowest BCUT2D eigenvalue weighted by molar-refractivity contribution is 0.145. The summed E-state index contributed by atoms with van der Waals surface area (Å²) in [6, 6.07) is 9.89. The number of benzene rings is 1. The number of aliphatic hydroxyl groups is 1. The summed E-state index contributed by atoms with van der Waals surface area (Å²) in [5, 5.41) is 21.7. The van der Waals surface area contributed by atoms with Gasteiger partial charge in [-0.3, -0.25) is 15.1 Å². The van der Waals surface area contributed by atoms with Gasteiger partial charge in [0.2, 0.25) is 10.0 Å². The third-order valence-corrected chi connectivity index (χ3v) is 7.70. The van der Waals surface area contributed by atoms with Crippen molar-refractivity contribution in [2.45, 2.75) is 40.0 Å². The molecule has 0 spiro atoms. The quantitative estimate of drug-likeness (QED) is 0.138. The van der Waals surface area contributed by atoms with Crippen molar-refractivity contribution in [3.8, 4) is 33.9 Å². The van der Waals surface area contributed by atoms with Crippen LogP contribution in [0.2, 0.25) is 0 Å². The molecular weight excluding hydrogens is 597 g/mol.